The summed E-state index contributed by atoms with van der Waals surface area (Å²) >= 11 is 14.6. The van der Waals surface area contributed by atoms with Crippen molar-refractivity contribution in [3.8, 4) is 5.75 Å². The van der Waals surface area contributed by atoms with E-state index in [1.807, 2.05) is 19.1 Å². The Balaban J connectivity index is 0.000000366. The van der Waals surface area contributed by atoms with Crippen LogP contribution in [-0.4, -0.2) is 15.2 Å². The SMILES string of the molecule is Cc1ccc(C(C)C)c(O)c1.O=CC(Cl)(Cl)Cl. The second kappa shape index (κ2) is 7.10. The molecule has 17 heavy (non-hydrogen) atoms. The second-order valence-corrected chi connectivity index (χ2v) is 6.25. The van der Waals surface area contributed by atoms with Gasteiger partial charge in [0.05, 0.1) is 0 Å². The number of halogens is 3. The van der Waals surface area contributed by atoms with Crippen molar-refractivity contribution in [3.05, 3.63) is 29.3 Å². The van der Waals surface area contributed by atoms with Gasteiger partial charge in [0.1, 0.15) is 5.75 Å². The molecule has 0 aliphatic rings. The lowest BCUT2D eigenvalue weighted by atomic mass is 10.0. The topological polar surface area (TPSA) is 37.3 Å². The highest BCUT2D eigenvalue weighted by Gasteiger charge is 2.16. The summed E-state index contributed by atoms with van der Waals surface area (Å²) in [4.78, 5) is 9.43. The van der Waals surface area contributed by atoms with Gasteiger partial charge in [-0.05, 0) is 30.0 Å². The Hall–Kier alpha value is -0.440. The van der Waals surface area contributed by atoms with Gasteiger partial charge in [0.2, 0.25) is 3.79 Å². The van der Waals surface area contributed by atoms with Crippen LogP contribution in [0.5, 0.6) is 5.75 Å². The van der Waals surface area contributed by atoms with Crippen LogP contribution in [-0.2, 0) is 4.79 Å². The highest BCUT2D eigenvalue weighted by atomic mass is 35.6. The van der Waals surface area contributed by atoms with Crippen LogP contribution < -0.4 is 0 Å². The van der Waals surface area contributed by atoms with Crippen molar-refractivity contribution in [2.24, 2.45) is 0 Å². The number of carbonyl (C=O) groups excluding carboxylic acids is 1. The molecule has 5 heteroatoms. The van der Waals surface area contributed by atoms with Crippen LogP contribution in [0.4, 0.5) is 0 Å². The van der Waals surface area contributed by atoms with Gasteiger partial charge in [0.15, 0.2) is 6.29 Å². The average Bonchev–Trinajstić information content (AvgIpc) is 2.16. The van der Waals surface area contributed by atoms with Crippen molar-refractivity contribution in [1.29, 1.82) is 0 Å². The van der Waals surface area contributed by atoms with E-state index in [0.29, 0.717) is 11.7 Å². The largest absolute Gasteiger partial charge is 0.508 e. The normalized spacial score (nSPS) is 10.8. The molecule has 1 rings (SSSR count). The Morgan fingerprint density at radius 2 is 1.76 bits per heavy atom. The number of carbonyl (C=O) groups is 1. The maximum atomic E-state index is 9.46. The molecule has 0 saturated heterocycles. The van der Waals surface area contributed by atoms with E-state index >= 15 is 0 Å². The molecule has 0 atom stereocenters. The number of phenols is 1. The molecule has 0 bridgehead atoms. The van der Waals surface area contributed by atoms with Gasteiger partial charge in [0.25, 0.3) is 0 Å². The number of rotatable bonds is 1. The van der Waals surface area contributed by atoms with Crippen molar-refractivity contribution in [3.63, 3.8) is 0 Å². The minimum Gasteiger partial charge on any atom is -0.508 e. The van der Waals surface area contributed by atoms with Crippen molar-refractivity contribution in [2.45, 2.75) is 30.5 Å². The van der Waals surface area contributed by atoms with E-state index in [9.17, 15) is 9.90 Å². The van der Waals surface area contributed by atoms with Crippen molar-refractivity contribution in [2.75, 3.05) is 0 Å². The van der Waals surface area contributed by atoms with E-state index in [4.69, 9.17) is 34.8 Å². The summed E-state index contributed by atoms with van der Waals surface area (Å²) < 4.78 is -1.72. The molecule has 1 aromatic carbocycles. The molecule has 0 fully saturated rings. The number of aldehydes is 1. The molecule has 0 amide bonds. The summed E-state index contributed by atoms with van der Waals surface area (Å²) in [5.41, 5.74) is 2.13. The van der Waals surface area contributed by atoms with E-state index in [1.54, 1.807) is 6.07 Å². The molecule has 0 heterocycles. The maximum absolute atomic E-state index is 9.46. The second-order valence-electron chi connectivity index (χ2n) is 3.88. The zero-order chi connectivity index (χ0) is 13.6. The van der Waals surface area contributed by atoms with Crippen molar-refractivity contribution >= 4 is 41.1 Å². The van der Waals surface area contributed by atoms with Gasteiger partial charge in [0, 0.05) is 0 Å². The molecule has 0 unspecified atom stereocenters. The van der Waals surface area contributed by atoms with E-state index < -0.39 is 3.79 Å². The van der Waals surface area contributed by atoms with Crippen LogP contribution in [0, 0.1) is 6.92 Å². The first-order valence-electron chi connectivity index (χ1n) is 5.00. The highest BCUT2D eigenvalue weighted by Crippen LogP contribution is 2.25. The lowest BCUT2D eigenvalue weighted by Gasteiger charge is -2.07. The predicted octanol–water partition coefficient (Wildman–Crippen LogP) is 4.38. The third-order valence-corrected chi connectivity index (χ3v) is 2.21. The summed E-state index contributed by atoms with van der Waals surface area (Å²) in [5, 5.41) is 9.46. The van der Waals surface area contributed by atoms with Gasteiger partial charge < -0.3 is 5.11 Å². The zero-order valence-corrected chi connectivity index (χ0v) is 12.1. The van der Waals surface area contributed by atoms with Gasteiger partial charge >= 0.3 is 0 Å². The Morgan fingerprint density at radius 3 is 2.06 bits per heavy atom. The first-order valence-corrected chi connectivity index (χ1v) is 6.13. The summed E-state index contributed by atoms with van der Waals surface area (Å²) in [5.74, 6) is 0.815. The van der Waals surface area contributed by atoms with E-state index in [-0.39, 0.29) is 6.29 Å². The van der Waals surface area contributed by atoms with E-state index in [0.717, 1.165) is 11.1 Å². The van der Waals surface area contributed by atoms with Crippen molar-refractivity contribution < 1.29 is 9.90 Å². The number of aryl methyl sites for hydroxylation is 1. The number of hydrogen-bond donors (Lipinski definition) is 1. The molecule has 2 nitrogen and oxygen atoms in total. The zero-order valence-electron chi connectivity index (χ0n) is 9.88. The number of phenolic OH excluding ortho intramolecular Hbond substituents is 1. The molecule has 96 valence electrons. The Kier molecular flexibility index (Phi) is 6.91. The fraction of sp³-hybridized carbons (Fsp3) is 0.417. The quantitative estimate of drug-likeness (QED) is 0.617. The average molecular weight is 298 g/mol. The first kappa shape index (κ1) is 16.6. The molecular formula is C12H15Cl3O2. The lowest BCUT2D eigenvalue weighted by Crippen LogP contribution is -2.00. The summed E-state index contributed by atoms with van der Waals surface area (Å²) in [6, 6.07) is 5.81. The number of aromatic hydroxyl groups is 1. The number of benzene rings is 1. The van der Waals surface area contributed by atoms with E-state index in [2.05, 4.69) is 13.8 Å². The van der Waals surface area contributed by atoms with Crippen LogP contribution >= 0.6 is 34.8 Å². The molecule has 0 aromatic heterocycles. The maximum Gasteiger partial charge on any atom is 0.245 e. The highest BCUT2D eigenvalue weighted by molar-refractivity contribution is 6.74. The smallest absolute Gasteiger partial charge is 0.245 e. The minimum absolute atomic E-state index is 0.234. The molecule has 0 saturated carbocycles. The summed E-state index contributed by atoms with van der Waals surface area (Å²) in [6.07, 6.45) is 0.234. The molecule has 0 spiro atoms. The van der Waals surface area contributed by atoms with Crippen LogP contribution in [0.2, 0.25) is 0 Å². The van der Waals surface area contributed by atoms with Gasteiger partial charge in [-0.1, -0.05) is 60.8 Å². The third kappa shape index (κ3) is 7.48. The van der Waals surface area contributed by atoms with Gasteiger partial charge in [-0.2, -0.15) is 0 Å². The van der Waals surface area contributed by atoms with Gasteiger partial charge in [-0.25, -0.2) is 0 Å². The van der Waals surface area contributed by atoms with Crippen LogP contribution in [0.3, 0.4) is 0 Å². The fourth-order valence-electron chi connectivity index (χ4n) is 1.14. The molecular weight excluding hydrogens is 282 g/mol. The predicted molar refractivity (Wildman–Crippen MR) is 73.3 cm³/mol. The van der Waals surface area contributed by atoms with Gasteiger partial charge in [-0.3, -0.25) is 4.79 Å². The minimum atomic E-state index is -1.72. The van der Waals surface area contributed by atoms with Crippen LogP contribution in [0.15, 0.2) is 18.2 Å². The van der Waals surface area contributed by atoms with Crippen LogP contribution in [0.1, 0.15) is 30.9 Å². The summed E-state index contributed by atoms with van der Waals surface area (Å²) in [6.45, 7) is 6.12. The van der Waals surface area contributed by atoms with E-state index in [1.165, 1.54) is 0 Å². The number of hydrogen-bond acceptors (Lipinski definition) is 2. The molecule has 1 N–H and O–H groups in total. The van der Waals surface area contributed by atoms with Gasteiger partial charge in [-0.15, -0.1) is 0 Å². The molecule has 0 aliphatic heterocycles. The molecule has 0 aliphatic carbocycles. The Labute approximate surface area is 116 Å². The Morgan fingerprint density at radius 1 is 1.29 bits per heavy atom. The number of alkyl halides is 3. The standard InChI is InChI=1S/C10H14O.C2HCl3O/c1-7(2)9-5-4-8(3)6-10(9)11;3-2(4,5)1-6/h4-7,11H,1-3H3;1H. The monoisotopic (exact) mass is 296 g/mol. The fourth-order valence-corrected chi connectivity index (χ4v) is 1.14. The van der Waals surface area contributed by atoms with Crippen molar-refractivity contribution in [1.82, 2.24) is 0 Å². The Bertz CT molecular complexity index is 371. The lowest BCUT2D eigenvalue weighted by molar-refractivity contribution is -0.107. The molecule has 0 radical (unpaired) electrons. The first-order chi connectivity index (χ1) is 7.67. The third-order valence-electron chi connectivity index (χ3n) is 1.94. The molecule has 1 aromatic rings. The summed E-state index contributed by atoms with van der Waals surface area (Å²) in [7, 11) is 0. The van der Waals surface area contributed by atoms with Crippen LogP contribution in [0.25, 0.3) is 0 Å².